The van der Waals surface area contributed by atoms with Gasteiger partial charge in [0.05, 0.1) is 37.6 Å². The second-order valence-electron chi connectivity index (χ2n) is 18.3. The van der Waals surface area contributed by atoms with Gasteiger partial charge in [-0.3, -0.25) is 18.9 Å². The molecule has 14 heteroatoms. The second kappa shape index (κ2) is 39.6. The van der Waals surface area contributed by atoms with E-state index in [1.807, 2.05) is 0 Å². The van der Waals surface area contributed by atoms with Crippen LogP contribution in [0.15, 0.2) is 0 Å². The van der Waals surface area contributed by atoms with Crippen molar-refractivity contribution in [1.29, 1.82) is 1.43 Å². The molecule has 0 saturated carbocycles. The normalized spacial score (nSPS) is 19.4. The molecule has 63 heavy (non-hydrogen) atoms. The summed E-state index contributed by atoms with van der Waals surface area (Å²) in [6, 6.07) is -1.05. The van der Waals surface area contributed by atoms with Crippen molar-refractivity contribution in [2.45, 2.75) is 263 Å². The molecule has 1 fully saturated rings. The number of rotatable bonds is 44. The number of unbranched alkanes of at least 4 members (excludes halogenated alkanes) is 26. The van der Waals surface area contributed by atoms with Gasteiger partial charge in [-0.1, -0.05) is 207 Å². The maximum Gasteiger partial charge on any atom is 0.470 e. The molecule has 0 bridgehead atoms. The number of ether oxygens (including phenoxy) is 3. The van der Waals surface area contributed by atoms with Gasteiger partial charge in [0.25, 0.3) is 0 Å². The summed E-state index contributed by atoms with van der Waals surface area (Å²) in [5.74, 6) is -2.09. The average Bonchev–Trinajstić information content (AvgIpc) is 3.27. The van der Waals surface area contributed by atoms with E-state index in [2.05, 4.69) is 36.3 Å². The van der Waals surface area contributed by atoms with E-state index in [1.165, 1.54) is 109 Å². The van der Waals surface area contributed by atoms with Crippen molar-refractivity contribution in [3.05, 3.63) is 0 Å². The summed E-state index contributed by atoms with van der Waals surface area (Å²) in [6.45, 7) is 5.93. The van der Waals surface area contributed by atoms with Crippen molar-refractivity contribution >= 4 is 25.7 Å². The first-order valence-corrected chi connectivity index (χ1v) is 27.3. The number of aliphatic hydroxyl groups excluding tert-OH is 1. The summed E-state index contributed by atoms with van der Waals surface area (Å²) in [4.78, 5) is 54.6. The Morgan fingerprint density at radius 2 is 1.11 bits per heavy atom. The van der Waals surface area contributed by atoms with Crippen molar-refractivity contribution in [3.8, 4) is 0 Å². The van der Waals surface area contributed by atoms with Gasteiger partial charge in [-0.15, -0.1) is 0 Å². The highest BCUT2D eigenvalue weighted by Crippen LogP contribution is 2.42. The summed E-state index contributed by atoms with van der Waals surface area (Å²) in [5, 5.41) is 16.3. The van der Waals surface area contributed by atoms with Gasteiger partial charge in [0, 0.05) is 0 Å². The third kappa shape index (κ3) is 32.7. The van der Waals surface area contributed by atoms with Gasteiger partial charge in [-0.2, -0.15) is 0 Å². The lowest BCUT2D eigenvalue weighted by atomic mass is 9.93. The van der Waals surface area contributed by atoms with Crippen molar-refractivity contribution in [1.82, 2.24) is 10.6 Å². The number of esters is 2. The fourth-order valence-corrected chi connectivity index (χ4v) is 9.13. The van der Waals surface area contributed by atoms with Crippen LogP contribution in [0.3, 0.4) is 0 Å². The van der Waals surface area contributed by atoms with Crippen molar-refractivity contribution in [2.24, 2.45) is 5.92 Å². The summed E-state index contributed by atoms with van der Waals surface area (Å²) in [5.41, 5.74) is 0. The van der Waals surface area contributed by atoms with Crippen LogP contribution >= 0.6 is 7.82 Å². The van der Waals surface area contributed by atoms with E-state index in [0.29, 0.717) is 19.3 Å². The zero-order valence-corrected chi connectivity index (χ0v) is 41.3. The number of carbonyl (C=O) groups is 3. The molecule has 1 saturated heterocycles. The van der Waals surface area contributed by atoms with Gasteiger partial charge in [-0.05, 0) is 26.3 Å². The summed E-state index contributed by atoms with van der Waals surface area (Å²) in [6.07, 6.45) is 30.0. The van der Waals surface area contributed by atoms with E-state index in [-0.39, 0.29) is 19.6 Å². The first-order valence-electron chi connectivity index (χ1n) is 26.2. The largest absolute Gasteiger partial charge is 0.470 e. The predicted octanol–water partition coefficient (Wildman–Crippen LogP) is 10.9. The smallest absolute Gasteiger partial charge is 0.462 e. The number of carbonyl (C=O) groups excluding carboxylic acids is 3. The number of nitrogens with one attached hydrogen (secondary N) is 2. The minimum Gasteiger partial charge on any atom is -0.462 e. The third-order valence-corrected chi connectivity index (χ3v) is 12.9. The van der Waals surface area contributed by atoms with Crippen LogP contribution < -0.4 is 10.6 Å². The Bertz CT molecular complexity index is 1180. The molecule has 1 rings (SSSR count). The van der Waals surface area contributed by atoms with Gasteiger partial charge in [-0.25, -0.2) is 4.57 Å². The van der Waals surface area contributed by atoms with E-state index in [9.17, 15) is 28.9 Å². The van der Waals surface area contributed by atoms with Crippen LogP contribution in [0.4, 0.5) is 0 Å². The fourth-order valence-electron chi connectivity index (χ4n) is 8.56. The molecule has 0 aromatic heterocycles. The maximum absolute atomic E-state index is 14.3. The molecule has 0 aromatic carbocycles. The van der Waals surface area contributed by atoms with Crippen LogP contribution in [0, 0.1) is 5.92 Å². The Hall–Kier alpha value is -1.60. The molecular weight excluding hydrogens is 824 g/mol. The molecule has 1 aliphatic rings. The quantitative estimate of drug-likeness (QED) is 0.0221. The van der Waals surface area contributed by atoms with Crippen molar-refractivity contribution < 1.29 is 52.6 Å². The van der Waals surface area contributed by atoms with Gasteiger partial charge < -0.3 is 39.7 Å². The Labute approximate surface area is 385 Å². The number of amides is 1. The first kappa shape index (κ1) is 57.5. The molecule has 1 unspecified atom stereocenters. The van der Waals surface area contributed by atoms with Gasteiger partial charge >= 0.3 is 19.8 Å². The lowest BCUT2D eigenvalue weighted by Crippen LogP contribution is -2.62. The monoisotopic (exact) mass is 920 g/mol. The molecule has 372 valence electrons. The van der Waals surface area contributed by atoms with E-state index in [1.54, 1.807) is 7.05 Å². The molecular formula is C49H95N2O11P. The van der Waals surface area contributed by atoms with Crippen LogP contribution in [0.25, 0.3) is 0 Å². The molecule has 0 spiro atoms. The second-order valence-corrected chi connectivity index (χ2v) is 19.5. The Balaban J connectivity index is 3.14. The van der Waals surface area contributed by atoms with Gasteiger partial charge in [0.2, 0.25) is 7.34 Å². The molecule has 0 aliphatic carbocycles. The number of phosphoric acid groups is 1. The number of hydrogen-bond acceptors (Lipinski definition) is 11. The molecule has 6 atom stereocenters. The van der Waals surface area contributed by atoms with Crippen LogP contribution in [0.1, 0.15) is 233 Å². The molecule has 13 nitrogen and oxygen atoms in total. The highest BCUT2D eigenvalue weighted by molar-refractivity contribution is 7.46. The predicted molar refractivity (Wildman–Crippen MR) is 252 cm³/mol. The standard InChI is InChI=1S/C49H95N2O11P/c1-5-8-11-14-17-20-23-25-28-31-34-41(35-32-29-26-24-21-18-15-12-9-6-2)49(55)61-47-43(39-59-44(40-60-46(54)38-50-4)48(47)62-63(56,57)58)51-45(53)37-42(52)36-33-30-27-22-19-16-13-10-7-3/h41-44,47-48,50,52H,5-40H2,1-4H3,(H,51,53)(H2,56,57,58)/t42-,43+,44-,47-,48-/m1/s1/i/hD. The zero-order valence-electron chi connectivity index (χ0n) is 41.4. The van der Waals surface area contributed by atoms with E-state index < -0.39 is 68.7 Å². The molecule has 1 amide bonds. The molecule has 1 aliphatic heterocycles. The Morgan fingerprint density at radius 3 is 1.54 bits per heavy atom. The summed E-state index contributed by atoms with van der Waals surface area (Å²) >= 11 is 0. The number of phosphoric ester groups is 1. The lowest BCUT2D eigenvalue weighted by molar-refractivity contribution is -0.195. The van der Waals surface area contributed by atoms with Gasteiger partial charge in [0.15, 0.2) is 6.10 Å². The topological polar surface area (TPSA) is 190 Å². The van der Waals surface area contributed by atoms with Crippen molar-refractivity contribution in [3.63, 3.8) is 0 Å². The molecule has 5 N–H and O–H groups in total. The maximum atomic E-state index is 14.3. The molecule has 1 heterocycles. The summed E-state index contributed by atoms with van der Waals surface area (Å²) < 4.78 is 43.1. The van der Waals surface area contributed by atoms with Crippen LogP contribution in [0.5, 0.6) is 0 Å². The first-order chi connectivity index (χ1) is 31.0. The fraction of sp³-hybridized carbons (Fsp3) is 0.939. The summed E-state index contributed by atoms with van der Waals surface area (Å²) in [7, 11) is -3.47. The van der Waals surface area contributed by atoms with Crippen LogP contribution in [-0.4, -0.2) is 91.4 Å². The van der Waals surface area contributed by atoms with Crippen molar-refractivity contribution in [2.75, 3.05) is 26.8 Å². The van der Waals surface area contributed by atoms with Crippen LogP contribution in [-0.2, 0) is 37.7 Å². The van der Waals surface area contributed by atoms with Gasteiger partial charge in [0.1, 0.15) is 18.8 Å². The highest BCUT2D eigenvalue weighted by atomic mass is 31.2. The molecule has 0 radical (unpaired) electrons. The van der Waals surface area contributed by atoms with E-state index in [4.69, 9.17) is 20.2 Å². The lowest BCUT2D eigenvalue weighted by Gasteiger charge is -2.42. The third-order valence-electron chi connectivity index (χ3n) is 12.4. The number of hydrogen-bond donors (Lipinski definition) is 5. The Morgan fingerprint density at radius 1 is 0.683 bits per heavy atom. The SMILES string of the molecule is [2H]OP(=O)(O)O[C@H]1[C@H](OC(=O)C(CCCCCCCCCCCC)CCCCCCCCCCCC)[C@@H](NC(=O)C[C@H](O)CCCCCCCCCCC)CO[C@@H]1COC(=O)CNC. The average molecular weight is 920 g/mol. The zero-order chi connectivity index (χ0) is 47.1. The van der Waals surface area contributed by atoms with E-state index >= 15 is 0 Å². The van der Waals surface area contributed by atoms with E-state index in [0.717, 1.165) is 77.0 Å². The minimum absolute atomic E-state index is 0.107. The minimum atomic E-state index is -5.04. The molecule has 0 aromatic rings. The number of likely N-dealkylation sites (N-methyl/N-ethyl adjacent to an activating group) is 1. The Kier molecular flexibility index (Phi) is 36.1. The van der Waals surface area contributed by atoms with Crippen LogP contribution in [0.2, 0.25) is 0 Å². The highest BCUT2D eigenvalue weighted by Gasteiger charge is 2.48. The number of aliphatic hydroxyl groups is 1.